The molecular weight excluding hydrogens is 208 g/mol. The summed E-state index contributed by atoms with van der Waals surface area (Å²) in [5, 5.41) is 12.3. The number of nitriles is 1. The molecule has 0 spiro atoms. The van der Waals surface area contributed by atoms with Crippen molar-refractivity contribution < 1.29 is 0 Å². The molecule has 2 unspecified atom stereocenters. The largest absolute Gasteiger partial charge is 0.316 e. The molecular formula is C12H13ClN2. The van der Waals surface area contributed by atoms with Gasteiger partial charge in [-0.1, -0.05) is 6.07 Å². The third-order valence-corrected chi connectivity index (χ3v) is 3.45. The van der Waals surface area contributed by atoms with E-state index in [4.69, 9.17) is 5.26 Å². The summed E-state index contributed by atoms with van der Waals surface area (Å²) in [6.07, 6.45) is 1.28. The minimum atomic E-state index is 0. The summed E-state index contributed by atoms with van der Waals surface area (Å²) in [6.45, 7) is 2.19. The van der Waals surface area contributed by atoms with Gasteiger partial charge < -0.3 is 5.32 Å². The first kappa shape index (κ1) is 10.5. The van der Waals surface area contributed by atoms with Crippen LogP contribution in [0.2, 0.25) is 0 Å². The molecule has 1 aliphatic heterocycles. The summed E-state index contributed by atoms with van der Waals surface area (Å²) in [4.78, 5) is 0. The Kier molecular flexibility index (Phi) is 2.68. The molecule has 2 nitrogen and oxygen atoms in total. The van der Waals surface area contributed by atoms with E-state index in [0.29, 0.717) is 11.8 Å². The van der Waals surface area contributed by atoms with Gasteiger partial charge in [0.2, 0.25) is 0 Å². The molecule has 1 aromatic carbocycles. The number of nitrogens with zero attached hydrogens (tertiary/aromatic N) is 1. The van der Waals surface area contributed by atoms with Crippen molar-refractivity contribution >= 4 is 12.4 Å². The topological polar surface area (TPSA) is 35.8 Å². The van der Waals surface area contributed by atoms with Crippen molar-refractivity contribution in [2.75, 3.05) is 13.1 Å². The fraction of sp³-hybridized carbons (Fsp3) is 0.417. The zero-order valence-corrected chi connectivity index (χ0v) is 9.18. The fourth-order valence-corrected chi connectivity index (χ4v) is 2.79. The minimum Gasteiger partial charge on any atom is -0.316 e. The number of halogens is 1. The first-order chi connectivity index (χ1) is 6.88. The Balaban J connectivity index is 0.000000853. The van der Waals surface area contributed by atoms with Crippen LogP contribution in [-0.2, 0) is 0 Å². The SMILES string of the molecule is Cl.N#Cc1ccc2c(c1)C1CNCC2C1. The molecule has 1 aromatic rings. The van der Waals surface area contributed by atoms with Crippen molar-refractivity contribution in [1.29, 1.82) is 5.26 Å². The highest BCUT2D eigenvalue weighted by Crippen LogP contribution is 2.43. The second-order valence-electron chi connectivity index (χ2n) is 4.24. The second-order valence-corrected chi connectivity index (χ2v) is 4.24. The zero-order valence-electron chi connectivity index (χ0n) is 8.36. The number of fused-ring (bicyclic) bond motifs is 5. The lowest BCUT2D eigenvalue weighted by Gasteiger charge is -2.19. The van der Waals surface area contributed by atoms with Crippen molar-refractivity contribution in [3.05, 3.63) is 34.9 Å². The third-order valence-electron chi connectivity index (χ3n) is 3.45. The maximum atomic E-state index is 8.84. The molecule has 15 heavy (non-hydrogen) atoms. The molecule has 3 heteroatoms. The van der Waals surface area contributed by atoms with Gasteiger partial charge in [0.25, 0.3) is 0 Å². The summed E-state index contributed by atoms with van der Waals surface area (Å²) in [7, 11) is 0. The normalized spacial score (nSPS) is 26.3. The number of benzene rings is 1. The first-order valence-corrected chi connectivity index (χ1v) is 5.13. The summed E-state index contributed by atoms with van der Waals surface area (Å²) in [5.41, 5.74) is 3.69. The zero-order chi connectivity index (χ0) is 9.54. The number of piperidine rings is 1. The quantitative estimate of drug-likeness (QED) is 0.727. The Morgan fingerprint density at radius 2 is 1.93 bits per heavy atom. The summed E-state index contributed by atoms with van der Waals surface area (Å²) in [6, 6.07) is 8.38. The van der Waals surface area contributed by atoms with E-state index in [-0.39, 0.29) is 12.4 Å². The Bertz CT molecular complexity index is 422. The average Bonchev–Trinajstić information content (AvgIpc) is 2.51. The highest BCUT2D eigenvalue weighted by Gasteiger charge is 2.33. The van der Waals surface area contributed by atoms with Gasteiger partial charge >= 0.3 is 0 Å². The van der Waals surface area contributed by atoms with Crippen molar-refractivity contribution in [2.24, 2.45) is 0 Å². The molecule has 0 amide bonds. The Hall–Kier alpha value is -1.04. The molecule has 2 atom stereocenters. The van der Waals surface area contributed by atoms with Crippen LogP contribution in [0.25, 0.3) is 0 Å². The highest BCUT2D eigenvalue weighted by atomic mass is 35.5. The van der Waals surface area contributed by atoms with Crippen LogP contribution in [0.1, 0.15) is 34.9 Å². The minimum absolute atomic E-state index is 0. The molecule has 3 rings (SSSR count). The molecule has 0 saturated carbocycles. The summed E-state index contributed by atoms with van der Waals surface area (Å²) in [5.74, 6) is 1.34. The van der Waals surface area contributed by atoms with Gasteiger partial charge in [0.1, 0.15) is 0 Å². The van der Waals surface area contributed by atoms with Crippen molar-refractivity contribution in [3.63, 3.8) is 0 Å². The van der Waals surface area contributed by atoms with Crippen LogP contribution in [0.5, 0.6) is 0 Å². The van der Waals surface area contributed by atoms with Crippen LogP contribution < -0.4 is 5.32 Å². The molecule has 1 saturated heterocycles. The van der Waals surface area contributed by atoms with E-state index in [1.165, 1.54) is 17.5 Å². The van der Waals surface area contributed by atoms with Gasteiger partial charge in [-0.2, -0.15) is 5.26 Å². The van der Waals surface area contributed by atoms with Crippen molar-refractivity contribution in [3.8, 4) is 6.07 Å². The number of rotatable bonds is 0. The van der Waals surface area contributed by atoms with E-state index >= 15 is 0 Å². The van der Waals surface area contributed by atoms with E-state index in [1.807, 2.05) is 6.07 Å². The van der Waals surface area contributed by atoms with Gasteiger partial charge in [0.05, 0.1) is 11.6 Å². The van der Waals surface area contributed by atoms with Gasteiger partial charge in [0, 0.05) is 13.1 Å². The molecule has 1 heterocycles. The highest BCUT2D eigenvalue weighted by molar-refractivity contribution is 5.85. The van der Waals surface area contributed by atoms with E-state index < -0.39 is 0 Å². The second kappa shape index (κ2) is 3.84. The molecule has 1 fully saturated rings. The van der Waals surface area contributed by atoms with Crippen LogP contribution in [0, 0.1) is 11.3 Å². The van der Waals surface area contributed by atoms with E-state index in [2.05, 4.69) is 23.5 Å². The number of hydrogen-bond donors (Lipinski definition) is 1. The van der Waals surface area contributed by atoms with Crippen LogP contribution in [0.4, 0.5) is 0 Å². The number of hydrogen-bond acceptors (Lipinski definition) is 2. The van der Waals surface area contributed by atoms with Crippen molar-refractivity contribution in [2.45, 2.75) is 18.3 Å². The average molecular weight is 221 g/mol. The lowest BCUT2D eigenvalue weighted by atomic mass is 9.98. The first-order valence-electron chi connectivity index (χ1n) is 5.13. The maximum absolute atomic E-state index is 8.84. The molecule has 1 aliphatic carbocycles. The van der Waals surface area contributed by atoms with Gasteiger partial charge in [-0.3, -0.25) is 0 Å². The molecule has 2 aliphatic rings. The van der Waals surface area contributed by atoms with Gasteiger partial charge in [-0.25, -0.2) is 0 Å². The van der Waals surface area contributed by atoms with E-state index in [1.54, 1.807) is 0 Å². The van der Waals surface area contributed by atoms with Crippen LogP contribution in [0.15, 0.2) is 18.2 Å². The Morgan fingerprint density at radius 1 is 1.20 bits per heavy atom. The van der Waals surface area contributed by atoms with Crippen molar-refractivity contribution in [1.82, 2.24) is 5.32 Å². The fourth-order valence-electron chi connectivity index (χ4n) is 2.79. The Morgan fingerprint density at radius 3 is 2.67 bits per heavy atom. The molecule has 0 radical (unpaired) electrons. The van der Waals surface area contributed by atoms with Gasteiger partial charge in [0.15, 0.2) is 0 Å². The third kappa shape index (κ3) is 1.52. The smallest absolute Gasteiger partial charge is 0.0991 e. The Labute approximate surface area is 95.7 Å². The maximum Gasteiger partial charge on any atom is 0.0991 e. The van der Waals surface area contributed by atoms with E-state index in [9.17, 15) is 0 Å². The monoisotopic (exact) mass is 220 g/mol. The molecule has 78 valence electrons. The van der Waals surface area contributed by atoms with Gasteiger partial charge in [-0.05, 0) is 41.5 Å². The van der Waals surface area contributed by atoms with E-state index in [0.717, 1.165) is 18.7 Å². The van der Waals surface area contributed by atoms with Crippen LogP contribution in [-0.4, -0.2) is 13.1 Å². The summed E-state index contributed by atoms with van der Waals surface area (Å²) >= 11 is 0. The molecule has 2 bridgehead atoms. The summed E-state index contributed by atoms with van der Waals surface area (Å²) < 4.78 is 0. The predicted octanol–water partition coefficient (Wildman–Crippen LogP) is 2.15. The predicted molar refractivity (Wildman–Crippen MR) is 61.4 cm³/mol. The van der Waals surface area contributed by atoms with Crippen LogP contribution >= 0.6 is 12.4 Å². The standard InChI is InChI=1S/C12H12N2.ClH/c13-5-8-1-2-11-9-4-10(7-14-6-9)12(11)3-8;/h1-3,9-10,14H,4,6-7H2;1H. The molecule has 1 N–H and O–H groups in total. The van der Waals surface area contributed by atoms with Crippen LogP contribution in [0.3, 0.4) is 0 Å². The molecule has 0 aromatic heterocycles. The lowest BCUT2D eigenvalue weighted by molar-refractivity contribution is 0.454. The lowest BCUT2D eigenvalue weighted by Crippen LogP contribution is -2.28. The van der Waals surface area contributed by atoms with Gasteiger partial charge in [-0.15, -0.1) is 12.4 Å². The number of nitrogens with one attached hydrogen (secondary N) is 1.